The molecule has 0 unspecified atom stereocenters. The summed E-state index contributed by atoms with van der Waals surface area (Å²) in [7, 11) is 1.80. The van der Waals surface area contributed by atoms with E-state index in [9.17, 15) is 0 Å². The molecular weight excluding hydrogens is 222 g/mol. The van der Waals surface area contributed by atoms with Gasteiger partial charge in [0.2, 0.25) is 11.8 Å². The first kappa shape index (κ1) is 10.9. The predicted molar refractivity (Wildman–Crippen MR) is 67.3 cm³/mol. The van der Waals surface area contributed by atoms with E-state index in [0.717, 1.165) is 10.2 Å². The van der Waals surface area contributed by atoms with Crippen molar-refractivity contribution in [2.45, 2.75) is 6.92 Å². The first-order valence-corrected chi connectivity index (χ1v) is 5.90. The zero-order chi connectivity index (χ0) is 11.4. The smallest absolute Gasteiger partial charge is 0.227 e. The minimum atomic E-state index is 0.529. The minimum absolute atomic E-state index is 0.529. The molecule has 2 rings (SSSR count). The van der Waals surface area contributed by atoms with E-state index >= 15 is 0 Å². The number of rotatable bonds is 4. The molecule has 0 fully saturated rings. The van der Waals surface area contributed by atoms with Crippen molar-refractivity contribution in [3.8, 4) is 5.88 Å². The number of thiophene rings is 1. The third-order valence-corrected chi connectivity index (χ3v) is 2.87. The fourth-order valence-corrected chi connectivity index (χ4v) is 2.03. The number of fused-ring (bicyclic) bond motifs is 1. The molecule has 0 aliphatic carbocycles. The van der Waals surface area contributed by atoms with Crippen molar-refractivity contribution in [2.24, 2.45) is 0 Å². The highest BCUT2D eigenvalue weighted by atomic mass is 32.1. The van der Waals surface area contributed by atoms with Gasteiger partial charge in [-0.25, -0.2) is 4.98 Å². The molecule has 0 bridgehead atoms. The van der Waals surface area contributed by atoms with Gasteiger partial charge in [-0.1, -0.05) is 12.2 Å². The highest BCUT2D eigenvalue weighted by Crippen LogP contribution is 2.27. The summed E-state index contributed by atoms with van der Waals surface area (Å²) in [6.45, 7) is 2.49. The molecule has 4 nitrogen and oxygen atoms in total. The first-order valence-electron chi connectivity index (χ1n) is 5.02. The van der Waals surface area contributed by atoms with Gasteiger partial charge in [-0.15, -0.1) is 11.3 Å². The summed E-state index contributed by atoms with van der Waals surface area (Å²) >= 11 is 1.58. The summed E-state index contributed by atoms with van der Waals surface area (Å²) in [5.41, 5.74) is 0. The maximum absolute atomic E-state index is 5.59. The van der Waals surface area contributed by atoms with Crippen molar-refractivity contribution in [1.29, 1.82) is 0 Å². The molecule has 0 atom stereocenters. The SMILES string of the molecule is C/C=C/COc1nc(NC)nc2sccc12. The number of ether oxygens (including phenoxy) is 1. The number of nitrogens with one attached hydrogen (secondary N) is 1. The quantitative estimate of drug-likeness (QED) is 0.828. The molecule has 2 heterocycles. The number of hydrogen-bond donors (Lipinski definition) is 1. The normalized spacial score (nSPS) is 11.1. The van der Waals surface area contributed by atoms with Crippen molar-refractivity contribution in [1.82, 2.24) is 9.97 Å². The fraction of sp³-hybridized carbons (Fsp3) is 0.273. The maximum Gasteiger partial charge on any atom is 0.227 e. The summed E-state index contributed by atoms with van der Waals surface area (Å²) in [5, 5.41) is 5.88. The lowest BCUT2D eigenvalue weighted by molar-refractivity contribution is 0.353. The average Bonchev–Trinajstić information content (AvgIpc) is 2.77. The highest BCUT2D eigenvalue weighted by molar-refractivity contribution is 7.16. The van der Waals surface area contributed by atoms with E-state index in [0.29, 0.717) is 18.4 Å². The van der Waals surface area contributed by atoms with Crippen LogP contribution in [0.2, 0.25) is 0 Å². The van der Waals surface area contributed by atoms with E-state index in [2.05, 4.69) is 15.3 Å². The first-order chi connectivity index (χ1) is 7.85. The largest absolute Gasteiger partial charge is 0.473 e. The fourth-order valence-electron chi connectivity index (χ4n) is 1.27. The Balaban J connectivity index is 2.36. The standard InChI is InChI=1S/C11H13N3OS/c1-3-4-6-15-9-8-5-7-16-10(8)14-11(12-2)13-9/h3-5,7H,6H2,1-2H3,(H,12,13,14)/b4-3+. The van der Waals surface area contributed by atoms with Crippen LogP contribution in [0.4, 0.5) is 5.95 Å². The van der Waals surface area contributed by atoms with Crippen molar-refractivity contribution < 1.29 is 4.74 Å². The molecule has 84 valence electrons. The van der Waals surface area contributed by atoms with Crippen LogP contribution in [0.3, 0.4) is 0 Å². The molecule has 16 heavy (non-hydrogen) atoms. The van der Waals surface area contributed by atoms with Gasteiger partial charge >= 0.3 is 0 Å². The predicted octanol–water partition coefficient (Wildman–Crippen LogP) is 2.69. The zero-order valence-electron chi connectivity index (χ0n) is 9.23. The number of anilines is 1. The van der Waals surface area contributed by atoms with E-state index in [1.165, 1.54) is 0 Å². The second-order valence-electron chi connectivity index (χ2n) is 3.12. The summed E-state index contributed by atoms with van der Waals surface area (Å²) in [6, 6.07) is 1.98. The lowest BCUT2D eigenvalue weighted by Crippen LogP contribution is -2.01. The van der Waals surface area contributed by atoms with Gasteiger partial charge in [0.05, 0.1) is 5.39 Å². The van der Waals surface area contributed by atoms with Crippen molar-refractivity contribution >= 4 is 27.5 Å². The molecule has 1 N–H and O–H groups in total. The Hall–Kier alpha value is -1.62. The number of allylic oxidation sites excluding steroid dienone is 1. The van der Waals surface area contributed by atoms with Crippen LogP contribution in [0.5, 0.6) is 5.88 Å². The summed E-state index contributed by atoms with van der Waals surface area (Å²) in [6.07, 6.45) is 3.89. The van der Waals surface area contributed by atoms with Gasteiger partial charge in [-0.05, 0) is 18.4 Å². The van der Waals surface area contributed by atoms with Gasteiger partial charge in [0.15, 0.2) is 0 Å². The summed E-state index contributed by atoms with van der Waals surface area (Å²) in [5.74, 6) is 1.22. The Labute approximate surface area is 98.0 Å². The Morgan fingerprint density at radius 1 is 1.50 bits per heavy atom. The third kappa shape index (κ3) is 2.14. The highest BCUT2D eigenvalue weighted by Gasteiger charge is 2.08. The lowest BCUT2D eigenvalue weighted by Gasteiger charge is -2.05. The number of aromatic nitrogens is 2. The molecular formula is C11H13N3OS. The zero-order valence-corrected chi connectivity index (χ0v) is 10.0. The van der Waals surface area contributed by atoms with Gasteiger partial charge in [-0.3, -0.25) is 0 Å². The van der Waals surface area contributed by atoms with E-state index in [1.54, 1.807) is 18.4 Å². The Bertz CT molecular complexity index is 507. The second-order valence-corrected chi connectivity index (χ2v) is 4.02. The Morgan fingerprint density at radius 3 is 3.12 bits per heavy atom. The molecule has 0 saturated heterocycles. The van der Waals surface area contributed by atoms with Crippen molar-refractivity contribution in [3.63, 3.8) is 0 Å². The van der Waals surface area contributed by atoms with Crippen molar-refractivity contribution in [2.75, 3.05) is 19.0 Å². The van der Waals surface area contributed by atoms with Gasteiger partial charge in [0.25, 0.3) is 0 Å². The third-order valence-electron chi connectivity index (χ3n) is 2.07. The van der Waals surface area contributed by atoms with Crippen LogP contribution in [-0.4, -0.2) is 23.6 Å². The number of hydrogen-bond acceptors (Lipinski definition) is 5. The second kappa shape index (κ2) is 4.94. The molecule has 2 aromatic rings. The van der Waals surface area contributed by atoms with Crippen LogP contribution >= 0.6 is 11.3 Å². The number of nitrogens with zero attached hydrogens (tertiary/aromatic N) is 2. The van der Waals surface area contributed by atoms with E-state index in [4.69, 9.17) is 4.74 Å². The van der Waals surface area contributed by atoms with Gasteiger partial charge in [0, 0.05) is 7.05 Å². The van der Waals surface area contributed by atoms with Crippen LogP contribution in [0.1, 0.15) is 6.92 Å². The lowest BCUT2D eigenvalue weighted by atomic mass is 10.4. The summed E-state index contributed by atoms with van der Waals surface area (Å²) < 4.78 is 5.59. The molecule has 0 aliphatic heterocycles. The molecule has 5 heteroatoms. The monoisotopic (exact) mass is 235 g/mol. The average molecular weight is 235 g/mol. The van der Waals surface area contributed by atoms with Crippen LogP contribution < -0.4 is 10.1 Å². The Kier molecular flexibility index (Phi) is 3.36. The van der Waals surface area contributed by atoms with Crippen LogP contribution in [-0.2, 0) is 0 Å². The van der Waals surface area contributed by atoms with E-state index in [1.807, 2.05) is 30.5 Å². The summed E-state index contributed by atoms with van der Waals surface area (Å²) in [4.78, 5) is 9.57. The van der Waals surface area contributed by atoms with Crippen LogP contribution in [0.15, 0.2) is 23.6 Å². The van der Waals surface area contributed by atoms with Crippen LogP contribution in [0.25, 0.3) is 10.2 Å². The van der Waals surface area contributed by atoms with E-state index < -0.39 is 0 Å². The minimum Gasteiger partial charge on any atom is -0.473 e. The molecule has 0 aromatic carbocycles. The Morgan fingerprint density at radius 2 is 2.38 bits per heavy atom. The van der Waals surface area contributed by atoms with Crippen molar-refractivity contribution in [3.05, 3.63) is 23.6 Å². The topological polar surface area (TPSA) is 47.0 Å². The molecule has 0 amide bonds. The van der Waals surface area contributed by atoms with E-state index in [-0.39, 0.29) is 0 Å². The van der Waals surface area contributed by atoms with Crippen LogP contribution in [0, 0.1) is 0 Å². The van der Waals surface area contributed by atoms with Gasteiger partial charge in [0.1, 0.15) is 11.4 Å². The molecule has 0 aliphatic rings. The maximum atomic E-state index is 5.59. The molecule has 0 radical (unpaired) electrons. The molecule has 0 spiro atoms. The van der Waals surface area contributed by atoms with Gasteiger partial charge in [-0.2, -0.15) is 4.98 Å². The molecule has 2 aromatic heterocycles. The van der Waals surface area contributed by atoms with Gasteiger partial charge < -0.3 is 10.1 Å². The molecule has 0 saturated carbocycles.